The van der Waals surface area contributed by atoms with Crippen molar-refractivity contribution in [3.05, 3.63) is 58.1 Å². The lowest BCUT2D eigenvalue weighted by molar-refractivity contribution is -0.138. The highest BCUT2D eigenvalue weighted by molar-refractivity contribution is 9.10. The van der Waals surface area contributed by atoms with E-state index in [4.69, 9.17) is 0 Å². The molecule has 1 aliphatic rings. The van der Waals surface area contributed by atoms with E-state index >= 15 is 0 Å². The molecule has 0 unspecified atom stereocenters. The topological polar surface area (TPSA) is 75.3 Å². The molecule has 144 valence electrons. The minimum Gasteiger partial charge on any atom is -0.322 e. The molecule has 1 saturated carbocycles. The van der Waals surface area contributed by atoms with Crippen LogP contribution in [0.2, 0.25) is 0 Å². The molecule has 0 saturated heterocycles. The molecule has 2 aromatic carbocycles. The number of hydrogen-bond donors (Lipinski definition) is 2. The molecule has 1 fully saturated rings. The van der Waals surface area contributed by atoms with Crippen LogP contribution in [0, 0.1) is 0 Å². The smallest absolute Gasteiger partial charge is 0.322 e. The number of sulfonamides is 1. The fraction of sp³-hybridized carbons (Fsp3) is 0.235. The normalized spacial score (nSPS) is 14.8. The first-order valence-corrected chi connectivity index (χ1v) is 10.1. The minimum absolute atomic E-state index is 0.0187. The Labute approximate surface area is 162 Å². The lowest BCUT2D eigenvalue weighted by atomic mass is 10.1. The Morgan fingerprint density at radius 3 is 2.44 bits per heavy atom. The van der Waals surface area contributed by atoms with Crippen LogP contribution in [-0.4, -0.2) is 20.4 Å². The summed E-state index contributed by atoms with van der Waals surface area (Å²) in [7, 11) is -3.74. The Kier molecular flexibility index (Phi) is 5.33. The average molecular weight is 463 g/mol. The molecule has 5 nitrogen and oxygen atoms in total. The third-order valence-corrected chi connectivity index (χ3v) is 6.04. The second kappa shape index (κ2) is 7.25. The van der Waals surface area contributed by atoms with Crippen molar-refractivity contribution < 1.29 is 26.4 Å². The van der Waals surface area contributed by atoms with Crippen molar-refractivity contribution in [1.82, 2.24) is 4.72 Å². The number of nitrogens with one attached hydrogen (secondary N) is 2. The zero-order valence-electron chi connectivity index (χ0n) is 13.7. The summed E-state index contributed by atoms with van der Waals surface area (Å²) in [4.78, 5) is 12.3. The molecule has 0 heterocycles. The second-order valence-corrected chi connectivity index (χ2v) is 8.64. The fourth-order valence-corrected chi connectivity index (χ4v) is 4.14. The maximum Gasteiger partial charge on any atom is 0.417 e. The van der Waals surface area contributed by atoms with Gasteiger partial charge < -0.3 is 5.32 Å². The molecule has 0 aliphatic heterocycles. The van der Waals surface area contributed by atoms with E-state index in [-0.39, 0.29) is 26.7 Å². The van der Waals surface area contributed by atoms with E-state index < -0.39 is 27.7 Å². The van der Waals surface area contributed by atoms with Crippen LogP contribution in [0.3, 0.4) is 0 Å². The van der Waals surface area contributed by atoms with E-state index in [1.165, 1.54) is 36.4 Å². The highest BCUT2D eigenvalue weighted by Gasteiger charge is 2.33. The molecule has 0 radical (unpaired) electrons. The lowest BCUT2D eigenvalue weighted by Gasteiger charge is -2.12. The second-order valence-electron chi connectivity index (χ2n) is 6.07. The van der Waals surface area contributed by atoms with E-state index in [1.54, 1.807) is 0 Å². The van der Waals surface area contributed by atoms with Crippen LogP contribution in [0.4, 0.5) is 18.9 Å². The maximum absolute atomic E-state index is 13.0. The highest BCUT2D eigenvalue weighted by atomic mass is 79.9. The van der Waals surface area contributed by atoms with Gasteiger partial charge in [0.05, 0.1) is 10.5 Å². The summed E-state index contributed by atoms with van der Waals surface area (Å²) in [5.41, 5.74) is -0.963. The lowest BCUT2D eigenvalue weighted by Crippen LogP contribution is -2.26. The summed E-state index contributed by atoms with van der Waals surface area (Å²) in [6.45, 7) is 0. The molecule has 3 rings (SSSR count). The Morgan fingerprint density at radius 2 is 1.81 bits per heavy atom. The largest absolute Gasteiger partial charge is 0.417 e. The Morgan fingerprint density at radius 1 is 1.11 bits per heavy atom. The predicted octanol–water partition coefficient (Wildman–Crippen LogP) is 4.16. The van der Waals surface area contributed by atoms with Gasteiger partial charge in [0.15, 0.2) is 0 Å². The van der Waals surface area contributed by atoms with Crippen LogP contribution in [0.1, 0.15) is 28.8 Å². The molecule has 1 amide bonds. The van der Waals surface area contributed by atoms with Crippen molar-refractivity contribution in [2.45, 2.75) is 30.0 Å². The molecule has 27 heavy (non-hydrogen) atoms. The molecule has 0 atom stereocenters. The maximum atomic E-state index is 13.0. The van der Waals surface area contributed by atoms with Crippen LogP contribution in [-0.2, 0) is 16.2 Å². The average Bonchev–Trinajstić information content (AvgIpc) is 3.39. The molecular weight excluding hydrogens is 449 g/mol. The van der Waals surface area contributed by atoms with Gasteiger partial charge in [0, 0.05) is 21.8 Å². The summed E-state index contributed by atoms with van der Waals surface area (Å²) >= 11 is 2.83. The minimum atomic E-state index is -4.58. The van der Waals surface area contributed by atoms with Crippen molar-refractivity contribution in [2.75, 3.05) is 5.32 Å². The number of carbonyl (C=O) groups is 1. The quantitative estimate of drug-likeness (QED) is 0.700. The van der Waals surface area contributed by atoms with Crippen molar-refractivity contribution >= 4 is 37.5 Å². The summed E-state index contributed by atoms with van der Waals surface area (Å²) in [5, 5.41) is 2.35. The van der Waals surface area contributed by atoms with E-state index in [0.29, 0.717) is 0 Å². The molecule has 0 spiro atoms. The first-order chi connectivity index (χ1) is 12.6. The summed E-state index contributed by atoms with van der Waals surface area (Å²) in [6.07, 6.45) is -3.04. The van der Waals surface area contributed by atoms with Gasteiger partial charge in [-0.1, -0.05) is 22.0 Å². The number of anilines is 1. The molecule has 2 N–H and O–H groups in total. The Balaban J connectivity index is 1.82. The number of alkyl halides is 3. The van der Waals surface area contributed by atoms with Crippen molar-refractivity contribution in [2.24, 2.45) is 0 Å². The van der Waals surface area contributed by atoms with Gasteiger partial charge in [-0.2, -0.15) is 13.2 Å². The molecular formula is C17H14BrF3N2O3S. The van der Waals surface area contributed by atoms with E-state index in [1.807, 2.05) is 0 Å². The van der Waals surface area contributed by atoms with Gasteiger partial charge in [-0.05, 0) is 49.2 Å². The Bertz CT molecular complexity index is 989. The summed E-state index contributed by atoms with van der Waals surface area (Å²) < 4.78 is 65.7. The first kappa shape index (κ1) is 19.8. The molecule has 2 aromatic rings. The third-order valence-electron chi connectivity index (χ3n) is 3.84. The van der Waals surface area contributed by atoms with Gasteiger partial charge in [-0.3, -0.25) is 4.79 Å². The van der Waals surface area contributed by atoms with Gasteiger partial charge >= 0.3 is 6.18 Å². The monoisotopic (exact) mass is 462 g/mol. The number of benzene rings is 2. The zero-order chi connectivity index (χ0) is 19.8. The van der Waals surface area contributed by atoms with Gasteiger partial charge in [0.2, 0.25) is 10.0 Å². The van der Waals surface area contributed by atoms with Gasteiger partial charge in [0.1, 0.15) is 0 Å². The van der Waals surface area contributed by atoms with Crippen molar-refractivity contribution in [3.63, 3.8) is 0 Å². The standard InChI is InChI=1S/C17H14BrF3N2O3S/c18-15-7-6-12(9-14(15)17(19,20)21)22-16(24)10-2-1-3-13(8-10)27(25,26)23-11-4-5-11/h1-3,6-9,11,23H,4-5H2,(H,22,24). The molecule has 1 aliphatic carbocycles. The first-order valence-electron chi connectivity index (χ1n) is 7.87. The van der Waals surface area contributed by atoms with Crippen molar-refractivity contribution in [1.29, 1.82) is 0 Å². The number of halogens is 4. The van der Waals surface area contributed by atoms with Crippen molar-refractivity contribution in [3.8, 4) is 0 Å². The number of rotatable bonds is 5. The van der Waals surface area contributed by atoms with E-state index in [2.05, 4.69) is 26.0 Å². The predicted molar refractivity (Wildman–Crippen MR) is 96.9 cm³/mol. The number of carbonyl (C=O) groups excluding carboxylic acids is 1. The van der Waals surface area contributed by atoms with E-state index in [9.17, 15) is 26.4 Å². The summed E-state index contributed by atoms with van der Waals surface area (Å²) in [5.74, 6) is -0.714. The van der Waals surface area contributed by atoms with Crippen LogP contribution < -0.4 is 10.0 Å². The van der Waals surface area contributed by atoms with Gasteiger partial charge in [0.25, 0.3) is 5.91 Å². The fourth-order valence-electron chi connectivity index (χ4n) is 2.32. The highest BCUT2D eigenvalue weighted by Crippen LogP contribution is 2.36. The molecule has 10 heteroatoms. The zero-order valence-corrected chi connectivity index (χ0v) is 16.1. The number of hydrogen-bond acceptors (Lipinski definition) is 3. The van der Waals surface area contributed by atoms with Gasteiger partial charge in [-0.25, -0.2) is 13.1 Å². The van der Waals surface area contributed by atoms with Gasteiger partial charge in [-0.15, -0.1) is 0 Å². The number of amides is 1. The van der Waals surface area contributed by atoms with E-state index in [0.717, 1.165) is 18.9 Å². The molecule has 0 bridgehead atoms. The third kappa shape index (κ3) is 4.88. The SMILES string of the molecule is O=C(Nc1ccc(Br)c(C(F)(F)F)c1)c1cccc(S(=O)(=O)NC2CC2)c1. The van der Waals surface area contributed by atoms with Crippen LogP contribution in [0.25, 0.3) is 0 Å². The molecule has 0 aromatic heterocycles. The summed E-state index contributed by atoms with van der Waals surface area (Å²) in [6, 6.07) is 8.53. The Hall–Kier alpha value is -1.91. The van der Waals surface area contributed by atoms with Crippen LogP contribution in [0.15, 0.2) is 51.8 Å². The van der Waals surface area contributed by atoms with Crippen LogP contribution >= 0.6 is 15.9 Å². The van der Waals surface area contributed by atoms with Crippen LogP contribution in [0.5, 0.6) is 0 Å².